The molecule has 0 heterocycles. The van der Waals surface area contributed by atoms with Crippen LogP contribution in [0.2, 0.25) is 0 Å². The molecule has 1 atom stereocenters. The van der Waals surface area contributed by atoms with Crippen molar-refractivity contribution < 1.29 is 14.9 Å². The number of rotatable bonds is 5. The normalized spacial score (nSPS) is 11.2. The van der Waals surface area contributed by atoms with Crippen LogP contribution in [0.25, 0.3) is 0 Å². The van der Waals surface area contributed by atoms with Crippen molar-refractivity contribution in [1.82, 2.24) is 16.2 Å². The van der Waals surface area contributed by atoms with Crippen LogP contribution in [0.4, 0.5) is 4.79 Å². The summed E-state index contributed by atoms with van der Waals surface area (Å²) in [5.41, 5.74) is 3.15. The number of carbonyl (C=O) groups is 1. The van der Waals surface area contributed by atoms with Gasteiger partial charge in [0.2, 0.25) is 0 Å². The highest BCUT2D eigenvalue weighted by atomic mass is 16.7. The SMILES string of the molecule is CC(CN[N+](=O)[O-])NC(=O)N[N+](=O)[O-]. The summed E-state index contributed by atoms with van der Waals surface area (Å²) in [6, 6.07) is -1.62. The Bertz CT molecular complexity index is 242. The minimum atomic E-state index is -1.02. The third-order valence-electron chi connectivity index (χ3n) is 1.10. The Morgan fingerprint density at radius 3 is 2.36 bits per heavy atom. The highest BCUT2D eigenvalue weighted by Crippen LogP contribution is 1.78. The van der Waals surface area contributed by atoms with Crippen LogP contribution in [-0.4, -0.2) is 28.7 Å². The summed E-state index contributed by atoms with van der Waals surface area (Å²) < 4.78 is 0. The minimum absolute atomic E-state index is 0.127. The van der Waals surface area contributed by atoms with E-state index in [0.29, 0.717) is 0 Å². The van der Waals surface area contributed by atoms with Gasteiger partial charge in [0.1, 0.15) is 0 Å². The summed E-state index contributed by atoms with van der Waals surface area (Å²) >= 11 is 0. The van der Waals surface area contributed by atoms with Crippen LogP contribution in [0.15, 0.2) is 0 Å². The molecule has 1 unspecified atom stereocenters. The maximum Gasteiger partial charge on any atom is 0.372 e. The van der Waals surface area contributed by atoms with Gasteiger partial charge in [-0.1, -0.05) is 5.43 Å². The molecule has 0 rings (SSSR count). The van der Waals surface area contributed by atoms with E-state index in [1.165, 1.54) is 12.3 Å². The second-order valence-corrected chi connectivity index (χ2v) is 2.36. The Hall–Kier alpha value is -2.13. The molecule has 0 fully saturated rings. The first-order valence-corrected chi connectivity index (χ1v) is 3.51. The van der Waals surface area contributed by atoms with Gasteiger partial charge in [0.05, 0.1) is 12.6 Å². The number of hydrazine groups is 2. The second-order valence-electron chi connectivity index (χ2n) is 2.36. The maximum atomic E-state index is 10.6. The fourth-order valence-corrected chi connectivity index (χ4v) is 0.601. The number of nitro groups is 2. The number of carbonyl (C=O) groups excluding carboxylic acids is 1. The molecule has 0 aliphatic heterocycles. The van der Waals surface area contributed by atoms with Crippen molar-refractivity contribution in [3.63, 3.8) is 0 Å². The Balaban J connectivity index is 3.71. The highest BCUT2D eigenvalue weighted by Gasteiger charge is 2.11. The van der Waals surface area contributed by atoms with E-state index in [0.717, 1.165) is 0 Å². The molecule has 14 heavy (non-hydrogen) atoms. The van der Waals surface area contributed by atoms with Gasteiger partial charge in [-0.15, -0.1) is 5.43 Å². The topological polar surface area (TPSA) is 139 Å². The molecule has 0 aromatic carbocycles. The van der Waals surface area contributed by atoms with Gasteiger partial charge in [-0.05, 0) is 6.92 Å². The van der Waals surface area contributed by atoms with E-state index in [1.54, 1.807) is 0 Å². The van der Waals surface area contributed by atoms with Crippen LogP contribution >= 0.6 is 0 Å². The van der Waals surface area contributed by atoms with Crippen molar-refractivity contribution in [2.75, 3.05) is 6.54 Å². The Morgan fingerprint density at radius 1 is 1.36 bits per heavy atom. The standard InChI is InChI=1S/C4H9N5O5/c1-3(2-5-8(11)12)6-4(10)7-9(13)14/h3,5H,2H2,1H3,(H2,6,7,10). The lowest BCUT2D eigenvalue weighted by Crippen LogP contribution is -2.47. The molecular weight excluding hydrogens is 198 g/mol. The van der Waals surface area contributed by atoms with E-state index in [9.17, 15) is 25.0 Å². The van der Waals surface area contributed by atoms with Crippen LogP contribution in [0.3, 0.4) is 0 Å². The zero-order valence-corrected chi connectivity index (χ0v) is 7.22. The minimum Gasteiger partial charge on any atom is -0.329 e. The van der Waals surface area contributed by atoms with Gasteiger partial charge in [-0.25, -0.2) is 25.0 Å². The zero-order valence-electron chi connectivity index (χ0n) is 7.22. The molecule has 0 aromatic heterocycles. The van der Waals surface area contributed by atoms with E-state index in [1.807, 2.05) is 5.43 Å². The van der Waals surface area contributed by atoms with Crippen LogP contribution < -0.4 is 16.2 Å². The van der Waals surface area contributed by atoms with Crippen LogP contribution in [0, 0.1) is 20.2 Å². The van der Waals surface area contributed by atoms with Gasteiger partial charge in [0, 0.05) is 0 Å². The summed E-state index contributed by atoms with van der Waals surface area (Å²) in [6.07, 6.45) is 0. The zero-order chi connectivity index (χ0) is 11.1. The number of hydrogen-bond donors (Lipinski definition) is 3. The van der Waals surface area contributed by atoms with E-state index in [2.05, 4.69) is 5.32 Å². The van der Waals surface area contributed by atoms with Crippen molar-refractivity contribution in [3.8, 4) is 0 Å². The molecule has 0 saturated heterocycles. The molecule has 3 N–H and O–H groups in total. The first-order valence-electron chi connectivity index (χ1n) is 3.51. The molecule has 0 aliphatic rings. The summed E-state index contributed by atoms with van der Waals surface area (Å²) in [7, 11) is 0. The van der Waals surface area contributed by atoms with Gasteiger partial charge in [-0.2, -0.15) is 0 Å². The van der Waals surface area contributed by atoms with Gasteiger partial charge < -0.3 is 5.32 Å². The molecule has 10 nitrogen and oxygen atoms in total. The van der Waals surface area contributed by atoms with Crippen molar-refractivity contribution in [2.24, 2.45) is 0 Å². The lowest BCUT2D eigenvalue weighted by Gasteiger charge is -2.09. The van der Waals surface area contributed by atoms with E-state index < -0.39 is 22.1 Å². The third kappa shape index (κ3) is 6.57. The molecule has 0 bridgehead atoms. The van der Waals surface area contributed by atoms with Gasteiger partial charge in [0.25, 0.3) is 0 Å². The average Bonchev–Trinajstić information content (AvgIpc) is 1.98. The molecule has 0 saturated carbocycles. The maximum absolute atomic E-state index is 10.6. The Kier molecular flexibility index (Phi) is 4.67. The van der Waals surface area contributed by atoms with Crippen LogP contribution in [0.5, 0.6) is 0 Å². The lowest BCUT2D eigenvalue weighted by molar-refractivity contribution is -0.544. The Morgan fingerprint density at radius 2 is 1.93 bits per heavy atom. The summed E-state index contributed by atoms with van der Waals surface area (Å²) in [5, 5.41) is 19.9. The molecule has 0 spiro atoms. The van der Waals surface area contributed by atoms with Crippen molar-refractivity contribution in [3.05, 3.63) is 20.2 Å². The first kappa shape index (κ1) is 11.9. The lowest BCUT2D eigenvalue weighted by atomic mass is 10.3. The van der Waals surface area contributed by atoms with E-state index >= 15 is 0 Å². The molecule has 0 aliphatic carbocycles. The first-order chi connectivity index (χ1) is 6.41. The summed E-state index contributed by atoms with van der Waals surface area (Å²) in [5.74, 6) is 0. The predicted octanol–water partition coefficient (Wildman–Crippen LogP) is -1.35. The third-order valence-corrected chi connectivity index (χ3v) is 1.10. The van der Waals surface area contributed by atoms with Gasteiger partial charge in [0.15, 0.2) is 10.1 Å². The largest absolute Gasteiger partial charge is 0.372 e. The van der Waals surface area contributed by atoms with Gasteiger partial charge >= 0.3 is 6.03 Å². The van der Waals surface area contributed by atoms with E-state index in [-0.39, 0.29) is 6.54 Å². The number of nitrogens with one attached hydrogen (secondary N) is 3. The smallest absolute Gasteiger partial charge is 0.329 e. The quantitative estimate of drug-likeness (QED) is 0.376. The van der Waals surface area contributed by atoms with Crippen molar-refractivity contribution in [1.29, 1.82) is 0 Å². The fourth-order valence-electron chi connectivity index (χ4n) is 0.601. The molecule has 2 amide bonds. The predicted molar refractivity (Wildman–Crippen MR) is 43.1 cm³/mol. The monoisotopic (exact) mass is 207 g/mol. The number of urea groups is 1. The van der Waals surface area contributed by atoms with Crippen molar-refractivity contribution in [2.45, 2.75) is 13.0 Å². The number of amides is 2. The Labute approximate surface area is 77.9 Å². The van der Waals surface area contributed by atoms with Crippen LogP contribution in [-0.2, 0) is 0 Å². The summed E-state index contributed by atoms with van der Waals surface area (Å²) in [6.45, 7) is 1.33. The van der Waals surface area contributed by atoms with Crippen LogP contribution in [0.1, 0.15) is 6.92 Å². The molecule has 80 valence electrons. The second kappa shape index (κ2) is 5.50. The number of hydrogen-bond acceptors (Lipinski definition) is 5. The number of nitrogens with zero attached hydrogens (tertiary/aromatic N) is 2. The average molecular weight is 207 g/mol. The summed E-state index contributed by atoms with van der Waals surface area (Å²) in [4.78, 5) is 30.2. The highest BCUT2D eigenvalue weighted by molar-refractivity contribution is 5.72. The van der Waals surface area contributed by atoms with Gasteiger partial charge in [-0.3, -0.25) is 0 Å². The molecular formula is C4H9N5O5. The molecule has 10 heteroatoms. The fraction of sp³-hybridized carbons (Fsp3) is 0.750. The van der Waals surface area contributed by atoms with E-state index in [4.69, 9.17) is 0 Å². The molecule has 0 aromatic rings. The molecule has 0 radical (unpaired) electrons. The van der Waals surface area contributed by atoms with Crippen molar-refractivity contribution >= 4 is 6.03 Å².